The SMILES string of the molecule is CCN1CCN(C(c2ccc(C)cc2)c2oc3ccccc3c2NC(=O)c2cccs2)CC1. The molecule has 170 valence electrons. The van der Waals surface area contributed by atoms with Gasteiger partial charge in [-0.3, -0.25) is 9.69 Å². The van der Waals surface area contributed by atoms with Gasteiger partial charge in [0.2, 0.25) is 0 Å². The number of nitrogens with zero attached hydrogens (tertiary/aromatic N) is 2. The number of nitrogens with one attached hydrogen (secondary N) is 1. The lowest BCUT2D eigenvalue weighted by molar-refractivity contribution is 0.102. The van der Waals surface area contributed by atoms with Gasteiger partial charge in [0.15, 0.2) is 0 Å². The van der Waals surface area contributed by atoms with E-state index >= 15 is 0 Å². The van der Waals surface area contributed by atoms with Crippen LogP contribution in [-0.2, 0) is 0 Å². The van der Waals surface area contributed by atoms with Crippen molar-refractivity contribution in [2.45, 2.75) is 19.9 Å². The van der Waals surface area contributed by atoms with Gasteiger partial charge >= 0.3 is 0 Å². The van der Waals surface area contributed by atoms with Crippen molar-refractivity contribution >= 4 is 33.9 Å². The Kier molecular flexibility index (Phi) is 6.31. The van der Waals surface area contributed by atoms with Crippen molar-refractivity contribution in [2.24, 2.45) is 0 Å². The van der Waals surface area contributed by atoms with Crippen LogP contribution < -0.4 is 5.32 Å². The highest BCUT2D eigenvalue weighted by atomic mass is 32.1. The van der Waals surface area contributed by atoms with E-state index in [4.69, 9.17) is 4.42 Å². The average Bonchev–Trinajstić information content (AvgIpc) is 3.50. The van der Waals surface area contributed by atoms with Crippen LogP contribution >= 0.6 is 11.3 Å². The first-order valence-electron chi connectivity index (χ1n) is 11.5. The molecular weight excluding hydrogens is 430 g/mol. The Morgan fingerprint density at radius 1 is 1.03 bits per heavy atom. The van der Waals surface area contributed by atoms with E-state index in [1.54, 1.807) is 0 Å². The van der Waals surface area contributed by atoms with Gasteiger partial charge in [-0.25, -0.2) is 0 Å². The van der Waals surface area contributed by atoms with Crippen LogP contribution in [0.25, 0.3) is 11.0 Å². The van der Waals surface area contributed by atoms with Crippen LogP contribution in [0.15, 0.2) is 70.5 Å². The van der Waals surface area contributed by atoms with Crippen molar-refractivity contribution in [3.05, 3.63) is 87.8 Å². The van der Waals surface area contributed by atoms with E-state index in [1.807, 2.05) is 41.8 Å². The second-order valence-corrected chi connectivity index (χ2v) is 9.50. The summed E-state index contributed by atoms with van der Waals surface area (Å²) in [4.78, 5) is 18.7. The number of hydrogen-bond donors (Lipinski definition) is 1. The van der Waals surface area contributed by atoms with Gasteiger partial charge in [-0.1, -0.05) is 55.0 Å². The maximum Gasteiger partial charge on any atom is 0.265 e. The number of hydrogen-bond acceptors (Lipinski definition) is 5. The number of piperazine rings is 1. The van der Waals surface area contributed by atoms with Crippen LogP contribution in [0.2, 0.25) is 0 Å². The van der Waals surface area contributed by atoms with Crippen LogP contribution in [0.1, 0.15) is 39.5 Å². The summed E-state index contributed by atoms with van der Waals surface area (Å²) in [7, 11) is 0. The lowest BCUT2D eigenvalue weighted by Gasteiger charge is -2.38. The van der Waals surface area contributed by atoms with Gasteiger partial charge < -0.3 is 14.6 Å². The molecule has 2 aromatic carbocycles. The van der Waals surface area contributed by atoms with Gasteiger partial charge in [0.25, 0.3) is 5.91 Å². The van der Waals surface area contributed by atoms with Gasteiger partial charge in [0.1, 0.15) is 11.3 Å². The summed E-state index contributed by atoms with van der Waals surface area (Å²) in [6, 6.07) is 20.3. The molecule has 33 heavy (non-hydrogen) atoms. The zero-order valence-electron chi connectivity index (χ0n) is 19.1. The standard InChI is InChI=1S/C27H29N3O2S/c1-3-29-14-16-30(17-15-29)25(20-12-10-19(2)11-13-20)26-24(21-7-4-5-8-22(21)32-26)28-27(31)23-9-6-18-33-23/h4-13,18,25H,3,14-17H2,1-2H3,(H,28,31). The Labute approximate surface area is 198 Å². The van der Waals surface area contributed by atoms with Crippen molar-refractivity contribution in [1.82, 2.24) is 9.80 Å². The molecule has 2 aromatic heterocycles. The van der Waals surface area contributed by atoms with Crippen LogP contribution in [0.4, 0.5) is 5.69 Å². The van der Waals surface area contributed by atoms with Crippen molar-refractivity contribution in [2.75, 3.05) is 38.0 Å². The number of carbonyl (C=O) groups is 1. The summed E-state index contributed by atoms with van der Waals surface area (Å²) in [5.74, 6) is 0.700. The van der Waals surface area contributed by atoms with Crippen molar-refractivity contribution in [3.8, 4) is 0 Å². The third-order valence-corrected chi connectivity index (χ3v) is 7.34. The van der Waals surface area contributed by atoms with Crippen molar-refractivity contribution in [3.63, 3.8) is 0 Å². The molecule has 1 saturated heterocycles. The lowest BCUT2D eigenvalue weighted by Crippen LogP contribution is -2.47. The molecule has 1 N–H and O–H groups in total. The fraction of sp³-hybridized carbons (Fsp3) is 0.296. The summed E-state index contributed by atoms with van der Waals surface area (Å²) in [5.41, 5.74) is 3.96. The highest BCUT2D eigenvalue weighted by Crippen LogP contribution is 2.41. The zero-order valence-corrected chi connectivity index (χ0v) is 19.9. The summed E-state index contributed by atoms with van der Waals surface area (Å²) in [5, 5.41) is 6.05. The third kappa shape index (κ3) is 4.47. The first-order valence-corrected chi connectivity index (χ1v) is 12.4. The van der Waals surface area contributed by atoms with E-state index in [0.29, 0.717) is 4.88 Å². The summed E-state index contributed by atoms with van der Waals surface area (Å²) in [6.45, 7) is 9.32. The quantitative estimate of drug-likeness (QED) is 0.397. The zero-order chi connectivity index (χ0) is 22.8. The predicted octanol–water partition coefficient (Wildman–Crippen LogP) is 5.78. The number of aryl methyl sites for hydroxylation is 1. The molecule has 5 nitrogen and oxygen atoms in total. The van der Waals surface area contributed by atoms with Gasteiger partial charge in [0.05, 0.1) is 16.6 Å². The van der Waals surface area contributed by atoms with Crippen molar-refractivity contribution in [1.29, 1.82) is 0 Å². The molecular formula is C27H29N3O2S. The van der Waals surface area contributed by atoms with Crippen LogP contribution in [-0.4, -0.2) is 48.4 Å². The molecule has 0 saturated carbocycles. The minimum absolute atomic E-state index is 0.0735. The fourth-order valence-electron chi connectivity index (χ4n) is 4.58. The van der Waals surface area contributed by atoms with E-state index in [-0.39, 0.29) is 11.9 Å². The topological polar surface area (TPSA) is 48.7 Å². The van der Waals surface area contributed by atoms with E-state index in [1.165, 1.54) is 22.5 Å². The second-order valence-electron chi connectivity index (χ2n) is 8.55. The molecule has 1 amide bonds. The monoisotopic (exact) mass is 459 g/mol. The maximum atomic E-state index is 13.1. The number of rotatable bonds is 6. The summed E-state index contributed by atoms with van der Waals surface area (Å²) < 4.78 is 6.50. The number of likely N-dealkylation sites (N-methyl/N-ethyl adjacent to an activating group) is 1. The van der Waals surface area contributed by atoms with Gasteiger partial charge in [-0.05, 0) is 42.6 Å². The number of fused-ring (bicyclic) bond motifs is 1. The molecule has 1 aliphatic heterocycles. The molecule has 0 radical (unpaired) electrons. The Morgan fingerprint density at radius 2 is 1.79 bits per heavy atom. The molecule has 4 aromatic rings. The van der Waals surface area contributed by atoms with Crippen LogP contribution in [0.3, 0.4) is 0 Å². The van der Waals surface area contributed by atoms with Crippen LogP contribution in [0.5, 0.6) is 0 Å². The fourth-order valence-corrected chi connectivity index (χ4v) is 5.20. The smallest absolute Gasteiger partial charge is 0.265 e. The van der Waals surface area contributed by atoms with Gasteiger partial charge in [0, 0.05) is 31.6 Å². The average molecular weight is 460 g/mol. The Hall–Kier alpha value is -2.93. The number of carbonyl (C=O) groups excluding carboxylic acids is 1. The molecule has 1 aliphatic rings. The molecule has 1 unspecified atom stereocenters. The Bertz CT molecular complexity index is 1220. The van der Waals surface area contributed by atoms with E-state index in [9.17, 15) is 4.79 Å². The first kappa shape index (κ1) is 21.9. The molecule has 1 fully saturated rings. The number of thiophene rings is 1. The molecule has 5 rings (SSSR count). The number of para-hydroxylation sites is 1. The second kappa shape index (κ2) is 9.51. The summed E-state index contributed by atoms with van der Waals surface area (Å²) >= 11 is 1.44. The number of furan rings is 1. The van der Waals surface area contributed by atoms with Crippen molar-refractivity contribution < 1.29 is 9.21 Å². The van der Waals surface area contributed by atoms with E-state index in [2.05, 4.69) is 53.2 Å². The molecule has 0 aliphatic carbocycles. The normalized spacial score (nSPS) is 16.2. The first-order chi connectivity index (χ1) is 16.1. The maximum absolute atomic E-state index is 13.1. The minimum Gasteiger partial charge on any atom is -0.457 e. The molecule has 3 heterocycles. The lowest BCUT2D eigenvalue weighted by atomic mass is 9.99. The van der Waals surface area contributed by atoms with E-state index in [0.717, 1.165) is 55.1 Å². The summed E-state index contributed by atoms with van der Waals surface area (Å²) in [6.07, 6.45) is 0. The molecule has 0 spiro atoms. The van der Waals surface area contributed by atoms with Gasteiger partial charge in [-0.15, -0.1) is 11.3 Å². The number of benzene rings is 2. The molecule has 1 atom stereocenters. The largest absolute Gasteiger partial charge is 0.457 e. The minimum atomic E-state index is -0.101. The highest BCUT2D eigenvalue weighted by Gasteiger charge is 2.32. The van der Waals surface area contributed by atoms with Gasteiger partial charge in [-0.2, -0.15) is 0 Å². The highest BCUT2D eigenvalue weighted by molar-refractivity contribution is 7.12. The Balaban J connectivity index is 1.60. The van der Waals surface area contributed by atoms with Crippen LogP contribution in [0, 0.1) is 6.92 Å². The number of anilines is 1. The predicted molar refractivity (Wildman–Crippen MR) is 135 cm³/mol. The molecule has 0 bridgehead atoms. The Morgan fingerprint density at radius 3 is 2.48 bits per heavy atom. The molecule has 6 heteroatoms. The third-order valence-electron chi connectivity index (χ3n) is 6.47. The van der Waals surface area contributed by atoms with E-state index < -0.39 is 0 Å². The number of amides is 1.